The van der Waals surface area contributed by atoms with E-state index >= 15 is 4.79 Å². The van der Waals surface area contributed by atoms with Crippen molar-refractivity contribution in [2.24, 2.45) is 46.8 Å². The normalized spacial score (nSPS) is 40.1. The van der Waals surface area contributed by atoms with Crippen LogP contribution in [0.15, 0.2) is 54.6 Å². The molecule has 0 bridgehead atoms. The lowest BCUT2D eigenvalue weighted by molar-refractivity contribution is -0.138. The van der Waals surface area contributed by atoms with Crippen molar-refractivity contribution in [1.82, 2.24) is 4.31 Å². The van der Waals surface area contributed by atoms with Gasteiger partial charge in [0, 0.05) is 17.2 Å². The molecule has 1 aliphatic heterocycles. The van der Waals surface area contributed by atoms with Crippen molar-refractivity contribution >= 4 is 35.8 Å². The highest BCUT2D eigenvalue weighted by molar-refractivity contribution is 7.88. The fourth-order valence-corrected chi connectivity index (χ4v) is 12.1. The number of nitrogens with zero attached hydrogens (tertiary/aromatic N) is 1. The molecule has 4 aliphatic rings. The number of carbonyl (C=O) groups is 1. The molecule has 1 amide bonds. The lowest BCUT2D eigenvalue weighted by atomic mass is 9.52. The molecule has 0 aromatic heterocycles. The fraction of sp³-hybridized carbons (Fsp3) is 0.686. The van der Waals surface area contributed by atoms with Crippen molar-refractivity contribution in [3.63, 3.8) is 0 Å². The van der Waals surface area contributed by atoms with Crippen molar-refractivity contribution in [3.8, 4) is 0 Å². The van der Waals surface area contributed by atoms with Crippen molar-refractivity contribution in [3.05, 3.63) is 60.2 Å². The van der Waals surface area contributed by atoms with Crippen LogP contribution in [0.5, 0.6) is 0 Å². The second-order valence-corrected chi connectivity index (χ2v) is 23.0. The van der Waals surface area contributed by atoms with Gasteiger partial charge in [0.05, 0.1) is 23.8 Å². The van der Waals surface area contributed by atoms with Gasteiger partial charge in [0.15, 0.2) is 8.32 Å². The summed E-state index contributed by atoms with van der Waals surface area (Å²) in [7, 11) is -6.23. The van der Waals surface area contributed by atoms with Gasteiger partial charge in [0.2, 0.25) is 15.9 Å². The summed E-state index contributed by atoms with van der Waals surface area (Å²) in [5, 5.41) is -0.430. The average molecular weight is 646 g/mol. The number of sulfonamides is 1. The number of alkyl halides is 1. The third-order valence-corrected chi connectivity index (χ3v) is 18.2. The molecule has 11 atom stereocenters. The zero-order valence-corrected chi connectivity index (χ0v) is 30.1. The Morgan fingerprint density at radius 1 is 1.09 bits per heavy atom. The Balaban J connectivity index is 1.76. The van der Waals surface area contributed by atoms with Gasteiger partial charge >= 0.3 is 0 Å². The minimum atomic E-state index is -3.88. The van der Waals surface area contributed by atoms with E-state index in [1.54, 1.807) is 0 Å². The second-order valence-electron chi connectivity index (χ2n) is 15.9. The van der Waals surface area contributed by atoms with Gasteiger partial charge in [-0.3, -0.25) is 4.79 Å². The van der Waals surface area contributed by atoms with Crippen LogP contribution < -0.4 is 0 Å². The van der Waals surface area contributed by atoms with E-state index in [2.05, 4.69) is 73.4 Å². The van der Waals surface area contributed by atoms with Gasteiger partial charge in [0.1, 0.15) is 0 Å². The van der Waals surface area contributed by atoms with Crippen molar-refractivity contribution < 1.29 is 17.6 Å². The van der Waals surface area contributed by atoms with Gasteiger partial charge in [-0.1, -0.05) is 90.6 Å². The third-order valence-electron chi connectivity index (χ3n) is 12.0. The van der Waals surface area contributed by atoms with Gasteiger partial charge in [-0.15, -0.1) is 11.6 Å². The summed E-state index contributed by atoms with van der Waals surface area (Å²) < 4.78 is 35.7. The van der Waals surface area contributed by atoms with Crippen molar-refractivity contribution in [2.45, 2.75) is 96.5 Å². The summed E-state index contributed by atoms with van der Waals surface area (Å²) in [5.74, 6) is 0.124. The van der Waals surface area contributed by atoms with Crippen LogP contribution in [-0.2, 0) is 25.7 Å². The number of benzene rings is 1. The molecule has 5 nitrogen and oxygen atoms in total. The SMILES string of the molecule is C=C1[C@@H](C)[C@H]2[C@H](Cc3ccccc3)N(S(C)(=O)=O)C(=O)[C@]23C=C[C@H]2[C@@H](C[C@H](C)C[C@@H]2C)[C@H](Cl)[C@H]3[C@@H]1O[Si](C)(C)C(C)(C)C. The Bertz CT molecular complexity index is 1390. The van der Waals surface area contributed by atoms with Gasteiger partial charge in [-0.2, -0.15) is 0 Å². The van der Waals surface area contributed by atoms with Crippen LogP contribution in [-0.4, -0.2) is 50.7 Å². The molecule has 1 aromatic carbocycles. The molecule has 8 heteroatoms. The summed E-state index contributed by atoms with van der Waals surface area (Å²) in [6.45, 7) is 22.6. The van der Waals surface area contributed by atoms with E-state index in [0.29, 0.717) is 18.3 Å². The van der Waals surface area contributed by atoms with Gasteiger partial charge in [0.25, 0.3) is 0 Å². The van der Waals surface area contributed by atoms with Crippen LogP contribution in [0.4, 0.5) is 0 Å². The fourth-order valence-electron chi connectivity index (χ4n) is 9.00. The zero-order chi connectivity index (χ0) is 31.9. The Labute approximate surface area is 266 Å². The first kappa shape index (κ1) is 33.0. The lowest BCUT2D eigenvalue weighted by Crippen LogP contribution is -2.61. The molecule has 1 heterocycles. The largest absolute Gasteiger partial charge is 0.410 e. The van der Waals surface area contributed by atoms with Crippen LogP contribution in [0.1, 0.15) is 59.9 Å². The first-order valence-electron chi connectivity index (χ1n) is 16.1. The highest BCUT2D eigenvalue weighted by Gasteiger charge is 2.71. The molecule has 0 N–H and O–H groups in total. The Kier molecular flexibility index (Phi) is 8.53. The van der Waals surface area contributed by atoms with Crippen LogP contribution in [0, 0.1) is 46.8 Å². The standard InChI is InChI=1S/C35H52ClNO4SSi/c1-21-18-22(2)26-16-17-35-29(28(20-25-14-12-11-13-15-25)37(33(35)38)42(8,39)40)23(3)24(4)32(30(35)31(36)27(26)19-21)41-43(9,10)34(5,6)7/h11-17,21-23,26-32H,4,18-20H2,1-3,5-10H3/t21-,22+,23-,26-,27-,28+,29+,30+,31+,32-,35-/m1/s1. The number of halogens is 1. The van der Waals surface area contributed by atoms with E-state index in [9.17, 15) is 8.42 Å². The Hall–Kier alpha value is -1.41. The quantitative estimate of drug-likeness (QED) is 0.187. The number of allylic oxidation sites excluding steroid dienone is 1. The summed E-state index contributed by atoms with van der Waals surface area (Å²) >= 11 is 7.78. The van der Waals surface area contributed by atoms with Crippen molar-refractivity contribution in [2.75, 3.05) is 6.26 Å². The number of carbonyl (C=O) groups excluding carboxylic acids is 1. The molecular weight excluding hydrogens is 594 g/mol. The van der Waals surface area contributed by atoms with Crippen LogP contribution in [0.25, 0.3) is 0 Å². The average Bonchev–Trinajstić information content (AvgIpc) is 3.05. The molecule has 0 unspecified atom stereocenters. The van der Waals surface area contributed by atoms with E-state index < -0.39 is 41.8 Å². The molecule has 3 aliphatic carbocycles. The lowest BCUT2D eigenvalue weighted by Gasteiger charge is -2.55. The summed E-state index contributed by atoms with van der Waals surface area (Å²) in [4.78, 5) is 15.1. The first-order chi connectivity index (χ1) is 19.8. The van der Waals surface area contributed by atoms with Gasteiger partial charge in [-0.25, -0.2) is 12.7 Å². The number of hydrogen-bond acceptors (Lipinski definition) is 4. The number of rotatable bonds is 5. The molecule has 0 radical (unpaired) electrons. The molecule has 238 valence electrons. The number of hydrogen-bond donors (Lipinski definition) is 0. The molecule has 1 aromatic rings. The highest BCUT2D eigenvalue weighted by Crippen LogP contribution is 2.65. The van der Waals surface area contributed by atoms with Crippen molar-refractivity contribution in [1.29, 1.82) is 0 Å². The summed E-state index contributed by atoms with van der Waals surface area (Å²) in [6.07, 6.45) is 7.68. The monoisotopic (exact) mass is 645 g/mol. The first-order valence-corrected chi connectivity index (χ1v) is 21.3. The summed E-state index contributed by atoms with van der Waals surface area (Å²) in [5.41, 5.74) is 0.852. The van der Waals surface area contributed by atoms with Crippen LogP contribution >= 0.6 is 11.6 Å². The van der Waals surface area contributed by atoms with E-state index in [-0.39, 0.29) is 40.0 Å². The second kappa shape index (κ2) is 11.1. The predicted molar refractivity (Wildman–Crippen MR) is 179 cm³/mol. The smallest absolute Gasteiger partial charge is 0.247 e. The topological polar surface area (TPSA) is 63.7 Å². The minimum absolute atomic E-state index is 0.0619. The van der Waals surface area contributed by atoms with Crippen LogP contribution in [0.2, 0.25) is 18.1 Å². The minimum Gasteiger partial charge on any atom is -0.410 e. The number of amides is 1. The van der Waals surface area contributed by atoms with E-state index in [1.165, 1.54) is 10.6 Å². The molecular formula is C35H52ClNO4SSi. The molecule has 1 saturated heterocycles. The Morgan fingerprint density at radius 3 is 2.30 bits per heavy atom. The van der Waals surface area contributed by atoms with Gasteiger partial charge in [-0.05, 0) is 78.1 Å². The molecule has 5 rings (SSSR count). The maximum Gasteiger partial charge on any atom is 0.247 e. The molecule has 1 spiro atoms. The summed E-state index contributed by atoms with van der Waals surface area (Å²) in [6, 6.07) is 9.38. The van der Waals surface area contributed by atoms with E-state index in [1.807, 2.05) is 30.3 Å². The molecule has 43 heavy (non-hydrogen) atoms. The van der Waals surface area contributed by atoms with Crippen LogP contribution in [0.3, 0.4) is 0 Å². The maximum absolute atomic E-state index is 15.1. The maximum atomic E-state index is 15.1. The highest BCUT2D eigenvalue weighted by atomic mass is 35.5. The van der Waals surface area contributed by atoms with E-state index in [0.717, 1.165) is 24.0 Å². The number of fused-ring (bicyclic) bond motifs is 1. The van der Waals surface area contributed by atoms with E-state index in [4.69, 9.17) is 16.0 Å². The van der Waals surface area contributed by atoms with Gasteiger partial charge < -0.3 is 4.43 Å². The predicted octanol–water partition coefficient (Wildman–Crippen LogP) is 7.69. The zero-order valence-electron chi connectivity index (χ0n) is 27.5. The molecule has 3 fully saturated rings. The Morgan fingerprint density at radius 2 is 1.72 bits per heavy atom. The molecule has 2 saturated carbocycles. The third kappa shape index (κ3) is 5.32.